The Labute approximate surface area is 301 Å². The van der Waals surface area contributed by atoms with Crippen LogP contribution in [-0.4, -0.2) is 23.9 Å². The Morgan fingerprint density at radius 3 is 2.00 bits per heavy atom. The van der Waals surface area contributed by atoms with Crippen molar-refractivity contribution in [2.24, 2.45) is 0 Å². The second kappa shape index (κ2) is 12.1. The van der Waals surface area contributed by atoms with Crippen LogP contribution >= 0.6 is 0 Å². The Morgan fingerprint density at radius 1 is 0.520 bits per heavy atom. The van der Waals surface area contributed by atoms with Gasteiger partial charge in [0.05, 0.1) is 17.0 Å². The molecule has 0 aliphatic rings. The van der Waals surface area contributed by atoms with E-state index in [2.05, 4.69) is 98.9 Å². The molecule has 0 saturated carbocycles. The first kappa shape index (κ1) is 30.0. The first-order valence-electron chi connectivity index (χ1n) is 16.1. The minimum atomic E-state index is 0. The Hall–Kier alpha value is -6.10. The maximum atomic E-state index is 6.55. The van der Waals surface area contributed by atoms with Crippen molar-refractivity contribution in [2.45, 2.75) is 0 Å². The number of pyridine rings is 3. The molecular formula is C43H25N5OPt. The molecule has 50 heavy (non-hydrogen) atoms. The third-order valence-electron chi connectivity index (χ3n) is 9.06. The first-order valence-corrected chi connectivity index (χ1v) is 16.1. The fourth-order valence-corrected chi connectivity index (χ4v) is 6.95. The van der Waals surface area contributed by atoms with Gasteiger partial charge in [-0.3, -0.25) is 4.98 Å². The van der Waals surface area contributed by atoms with Crippen molar-refractivity contribution in [3.8, 4) is 39.8 Å². The van der Waals surface area contributed by atoms with Gasteiger partial charge in [-0.25, -0.2) is 9.97 Å². The molecule has 0 aliphatic heterocycles. The molecule has 0 atom stereocenters. The molecule has 10 rings (SSSR count). The molecule has 0 aliphatic carbocycles. The van der Waals surface area contributed by atoms with Gasteiger partial charge in [0, 0.05) is 40.5 Å². The third-order valence-corrected chi connectivity index (χ3v) is 9.06. The predicted molar refractivity (Wildman–Crippen MR) is 195 cm³/mol. The van der Waals surface area contributed by atoms with Crippen LogP contribution in [0.1, 0.15) is 0 Å². The van der Waals surface area contributed by atoms with Crippen LogP contribution in [0.15, 0.2) is 152 Å². The number of benzene rings is 5. The molecule has 5 aromatic heterocycles. The van der Waals surface area contributed by atoms with E-state index in [1.54, 1.807) is 0 Å². The molecular weight excluding hydrogens is 798 g/mol. The van der Waals surface area contributed by atoms with E-state index in [1.807, 2.05) is 79.1 Å². The number of rotatable bonds is 5. The molecule has 5 aromatic carbocycles. The monoisotopic (exact) mass is 822 g/mol. The van der Waals surface area contributed by atoms with Gasteiger partial charge in [-0.1, -0.05) is 113 Å². The molecule has 0 spiro atoms. The molecule has 10 aromatic rings. The van der Waals surface area contributed by atoms with E-state index in [9.17, 15) is 0 Å². The van der Waals surface area contributed by atoms with Gasteiger partial charge in [0.1, 0.15) is 11.5 Å². The summed E-state index contributed by atoms with van der Waals surface area (Å²) in [6, 6.07) is 54.3. The van der Waals surface area contributed by atoms with Gasteiger partial charge >= 0.3 is 21.1 Å². The summed E-state index contributed by atoms with van der Waals surface area (Å²) in [6.07, 6.45) is 3.64. The molecule has 7 heteroatoms. The normalized spacial score (nSPS) is 11.4. The molecule has 5 heterocycles. The zero-order chi connectivity index (χ0) is 32.3. The Kier molecular flexibility index (Phi) is 7.26. The smallest absolute Gasteiger partial charge is 0.503 e. The molecule has 0 unspecified atom stereocenters. The number of fused-ring (bicyclic) bond motifs is 9. The fourth-order valence-electron chi connectivity index (χ4n) is 6.95. The van der Waals surface area contributed by atoms with Crippen LogP contribution in [-0.2, 0) is 21.1 Å². The molecule has 0 fully saturated rings. The van der Waals surface area contributed by atoms with Gasteiger partial charge in [-0.05, 0) is 35.0 Å². The maximum absolute atomic E-state index is 6.55. The molecule has 238 valence electrons. The van der Waals surface area contributed by atoms with Gasteiger partial charge in [0.25, 0.3) is 0 Å². The summed E-state index contributed by atoms with van der Waals surface area (Å²) >= 11 is 0. The zero-order valence-corrected chi connectivity index (χ0v) is 28.7. The van der Waals surface area contributed by atoms with Crippen LogP contribution in [0, 0.1) is 12.1 Å². The molecule has 0 amide bonds. The fraction of sp³-hybridized carbons (Fsp3) is 0. The summed E-state index contributed by atoms with van der Waals surface area (Å²) in [4.78, 5) is 14.9. The molecule has 0 radical (unpaired) electrons. The van der Waals surface area contributed by atoms with Crippen molar-refractivity contribution in [3.05, 3.63) is 164 Å². The molecule has 0 saturated heterocycles. The van der Waals surface area contributed by atoms with Gasteiger partial charge in [0.2, 0.25) is 0 Å². The van der Waals surface area contributed by atoms with E-state index in [0.717, 1.165) is 77.6 Å². The zero-order valence-electron chi connectivity index (χ0n) is 26.4. The Balaban J connectivity index is 0.00000336. The number of ether oxygens (including phenoxy) is 1. The van der Waals surface area contributed by atoms with Crippen LogP contribution in [0.3, 0.4) is 0 Å². The summed E-state index contributed by atoms with van der Waals surface area (Å²) in [5.41, 5.74) is 7.50. The second-order valence-corrected chi connectivity index (χ2v) is 11.9. The number of imidazole rings is 1. The number of hydrogen-bond donors (Lipinski definition) is 0. The van der Waals surface area contributed by atoms with Gasteiger partial charge in [-0.2, -0.15) is 6.07 Å². The molecule has 0 bridgehead atoms. The molecule has 0 N–H and O–H groups in total. The van der Waals surface area contributed by atoms with Crippen molar-refractivity contribution in [2.75, 3.05) is 0 Å². The summed E-state index contributed by atoms with van der Waals surface area (Å²) in [5, 5.41) is 5.07. The minimum absolute atomic E-state index is 0. The maximum Gasteiger partial charge on any atom is 2.00 e. The van der Waals surface area contributed by atoms with E-state index < -0.39 is 0 Å². The summed E-state index contributed by atoms with van der Waals surface area (Å²) < 4.78 is 10.8. The number of nitrogens with zero attached hydrogens (tertiary/aromatic N) is 5. The van der Waals surface area contributed by atoms with Crippen molar-refractivity contribution >= 4 is 49.3 Å². The van der Waals surface area contributed by atoms with Crippen molar-refractivity contribution in [1.82, 2.24) is 23.9 Å². The number of para-hydroxylation sites is 1. The Morgan fingerprint density at radius 2 is 1.20 bits per heavy atom. The SMILES string of the molecule is [Pt+2].[c-]1c(Oc2[c-]c3c(cc2)c2ccccc2n3-c2ccccn2)ccc2c1c1nc(-c3ccccc3)c(-c3ccccc3)n1c1ncccc21. The van der Waals surface area contributed by atoms with E-state index >= 15 is 0 Å². The van der Waals surface area contributed by atoms with Crippen molar-refractivity contribution in [1.29, 1.82) is 0 Å². The average Bonchev–Trinajstić information content (AvgIpc) is 3.73. The van der Waals surface area contributed by atoms with Gasteiger partial charge < -0.3 is 13.7 Å². The topological polar surface area (TPSA) is 57.2 Å². The average molecular weight is 823 g/mol. The van der Waals surface area contributed by atoms with Crippen molar-refractivity contribution < 1.29 is 25.8 Å². The van der Waals surface area contributed by atoms with Crippen LogP contribution in [0.5, 0.6) is 11.5 Å². The predicted octanol–water partition coefficient (Wildman–Crippen LogP) is 10.3. The molecule has 6 nitrogen and oxygen atoms in total. The van der Waals surface area contributed by atoms with E-state index in [1.165, 1.54) is 0 Å². The van der Waals surface area contributed by atoms with Crippen molar-refractivity contribution in [3.63, 3.8) is 0 Å². The summed E-state index contributed by atoms with van der Waals surface area (Å²) in [6.45, 7) is 0. The van der Waals surface area contributed by atoms with Crippen LogP contribution in [0.4, 0.5) is 0 Å². The van der Waals surface area contributed by atoms with E-state index in [0.29, 0.717) is 11.5 Å². The first-order chi connectivity index (χ1) is 24.3. The van der Waals surface area contributed by atoms with Crippen LogP contribution in [0.25, 0.3) is 77.6 Å². The van der Waals surface area contributed by atoms with E-state index in [-0.39, 0.29) is 21.1 Å². The number of hydrogen-bond acceptors (Lipinski definition) is 4. The van der Waals surface area contributed by atoms with Crippen LogP contribution in [0.2, 0.25) is 0 Å². The summed E-state index contributed by atoms with van der Waals surface area (Å²) in [5.74, 6) is 1.98. The third kappa shape index (κ3) is 4.72. The van der Waals surface area contributed by atoms with Crippen LogP contribution < -0.4 is 4.74 Å². The second-order valence-electron chi connectivity index (χ2n) is 11.9. The quantitative estimate of drug-likeness (QED) is 0.128. The van der Waals surface area contributed by atoms with E-state index in [4.69, 9.17) is 14.7 Å². The Bertz CT molecular complexity index is 2850. The largest absolute Gasteiger partial charge is 2.00 e. The summed E-state index contributed by atoms with van der Waals surface area (Å²) in [7, 11) is 0. The number of aromatic nitrogens is 5. The van der Waals surface area contributed by atoms with Gasteiger partial charge in [-0.15, -0.1) is 29.7 Å². The minimum Gasteiger partial charge on any atom is -0.503 e. The standard InChI is InChI=1S/C43H25N5O.Pt/c1-3-12-28(13-4-1)40-41(29-14-5-2-6-15-29)48-42-35(17-11-25-45-42)32-22-20-30(26-36(32)43(48)46-40)49-31-21-23-34-33-16-7-8-18-37(33)47(38(34)27-31)39-19-9-10-24-44-39;/h1-25H;/q-2;+2. The van der Waals surface area contributed by atoms with Gasteiger partial charge in [0.15, 0.2) is 0 Å².